The van der Waals surface area contributed by atoms with Crippen LogP contribution in [0.15, 0.2) is 24.3 Å². The summed E-state index contributed by atoms with van der Waals surface area (Å²) in [6.07, 6.45) is 1.46. The normalized spacial score (nSPS) is 31.7. The number of rotatable bonds is 4. The van der Waals surface area contributed by atoms with Crippen molar-refractivity contribution < 1.29 is 14.0 Å². The molecule has 1 amide bonds. The van der Waals surface area contributed by atoms with Crippen molar-refractivity contribution in [2.75, 3.05) is 56.7 Å². The van der Waals surface area contributed by atoms with Gasteiger partial charge in [-0.25, -0.2) is 0 Å². The molecule has 0 saturated carbocycles. The molecule has 5 nitrogen and oxygen atoms in total. The monoisotopic (exact) mass is 360 g/mol. The number of quaternary nitrogens is 1. The SMILES string of the molecule is CC[N+]1(C)CC(CN2CC(C)N(C(C)=O)c3ccccc32)CC(OC)C1. The van der Waals surface area contributed by atoms with Crippen LogP contribution in [0.25, 0.3) is 0 Å². The minimum Gasteiger partial charge on any atom is -0.376 e. The number of carbonyl (C=O) groups is 1. The van der Waals surface area contributed by atoms with Gasteiger partial charge in [0.2, 0.25) is 5.91 Å². The van der Waals surface area contributed by atoms with Gasteiger partial charge in [0.15, 0.2) is 0 Å². The van der Waals surface area contributed by atoms with Gasteiger partial charge in [-0.1, -0.05) is 12.1 Å². The number of ether oxygens (including phenoxy) is 1. The highest BCUT2D eigenvalue weighted by Crippen LogP contribution is 2.37. The van der Waals surface area contributed by atoms with E-state index in [1.54, 1.807) is 6.92 Å². The molecule has 1 aromatic rings. The van der Waals surface area contributed by atoms with E-state index in [4.69, 9.17) is 4.74 Å². The van der Waals surface area contributed by atoms with Crippen LogP contribution in [0.3, 0.4) is 0 Å². The molecule has 2 aliphatic heterocycles. The van der Waals surface area contributed by atoms with Crippen LogP contribution in [0, 0.1) is 5.92 Å². The Morgan fingerprint density at radius 1 is 1.27 bits per heavy atom. The maximum absolute atomic E-state index is 12.2. The number of amides is 1. The number of fused-ring (bicyclic) bond motifs is 1. The fraction of sp³-hybridized carbons (Fsp3) is 0.667. The van der Waals surface area contributed by atoms with E-state index in [0.29, 0.717) is 12.0 Å². The van der Waals surface area contributed by atoms with Gasteiger partial charge in [-0.05, 0) is 32.4 Å². The lowest BCUT2D eigenvalue weighted by Crippen LogP contribution is -2.58. The molecule has 2 aliphatic rings. The predicted octanol–water partition coefficient (Wildman–Crippen LogP) is 2.75. The molecular formula is C21H34N3O2+. The van der Waals surface area contributed by atoms with Crippen molar-refractivity contribution in [1.82, 2.24) is 0 Å². The fourth-order valence-corrected chi connectivity index (χ4v) is 4.91. The van der Waals surface area contributed by atoms with Crippen LogP contribution < -0.4 is 9.80 Å². The second-order valence-corrected chi connectivity index (χ2v) is 8.39. The lowest BCUT2D eigenvalue weighted by Gasteiger charge is -2.47. The lowest BCUT2D eigenvalue weighted by molar-refractivity contribution is -0.919. The second-order valence-electron chi connectivity index (χ2n) is 8.39. The summed E-state index contributed by atoms with van der Waals surface area (Å²) in [4.78, 5) is 16.6. The molecule has 1 aromatic carbocycles. The Kier molecular flexibility index (Phi) is 5.58. The smallest absolute Gasteiger partial charge is 0.224 e. The summed E-state index contributed by atoms with van der Waals surface area (Å²) in [5.74, 6) is 0.722. The minimum atomic E-state index is 0.122. The number of piperidine rings is 1. The molecule has 2 heterocycles. The summed E-state index contributed by atoms with van der Waals surface area (Å²) < 4.78 is 6.84. The summed E-state index contributed by atoms with van der Waals surface area (Å²) in [7, 11) is 4.19. The van der Waals surface area contributed by atoms with Gasteiger partial charge in [-0.2, -0.15) is 0 Å². The Morgan fingerprint density at radius 2 is 1.96 bits per heavy atom. The van der Waals surface area contributed by atoms with E-state index in [0.717, 1.165) is 42.8 Å². The van der Waals surface area contributed by atoms with Crippen LogP contribution in [-0.2, 0) is 9.53 Å². The van der Waals surface area contributed by atoms with Crippen LogP contribution >= 0.6 is 0 Å². The molecule has 0 aliphatic carbocycles. The average molecular weight is 361 g/mol. The zero-order valence-electron chi connectivity index (χ0n) is 16.9. The highest BCUT2D eigenvalue weighted by atomic mass is 16.5. The van der Waals surface area contributed by atoms with Crippen LogP contribution in [0.5, 0.6) is 0 Å². The van der Waals surface area contributed by atoms with Crippen molar-refractivity contribution in [1.29, 1.82) is 0 Å². The second kappa shape index (κ2) is 7.57. The molecule has 0 N–H and O–H groups in total. The predicted molar refractivity (Wildman–Crippen MR) is 107 cm³/mol. The van der Waals surface area contributed by atoms with E-state index in [-0.39, 0.29) is 11.9 Å². The van der Waals surface area contributed by atoms with Crippen molar-refractivity contribution in [3.8, 4) is 0 Å². The molecular weight excluding hydrogens is 326 g/mol. The Bertz CT molecular complexity index is 650. The molecule has 3 rings (SSSR count). The van der Waals surface area contributed by atoms with Crippen molar-refractivity contribution in [3.63, 3.8) is 0 Å². The molecule has 0 aromatic heterocycles. The van der Waals surface area contributed by atoms with Gasteiger partial charge in [-0.3, -0.25) is 4.79 Å². The summed E-state index contributed by atoms with van der Waals surface area (Å²) >= 11 is 0. The molecule has 1 saturated heterocycles. The maximum atomic E-state index is 12.2. The summed E-state index contributed by atoms with van der Waals surface area (Å²) in [5, 5.41) is 0. The van der Waals surface area contributed by atoms with Crippen LogP contribution in [-0.4, -0.2) is 69.4 Å². The van der Waals surface area contributed by atoms with E-state index in [9.17, 15) is 4.79 Å². The Hall–Kier alpha value is -1.59. The molecule has 4 atom stereocenters. The van der Waals surface area contributed by atoms with Gasteiger partial charge in [-0.15, -0.1) is 0 Å². The lowest BCUT2D eigenvalue weighted by atomic mass is 9.92. The number of methoxy groups -OCH3 is 1. The number of likely N-dealkylation sites (N-methyl/N-ethyl adjacent to an activating group) is 1. The van der Waals surface area contributed by atoms with Gasteiger partial charge in [0.25, 0.3) is 0 Å². The van der Waals surface area contributed by atoms with Gasteiger partial charge >= 0.3 is 0 Å². The Balaban J connectivity index is 1.83. The number of likely N-dealkylation sites (tertiary alicyclic amines) is 1. The van der Waals surface area contributed by atoms with E-state index in [2.05, 4.69) is 44.0 Å². The molecule has 4 unspecified atom stereocenters. The number of hydrogen-bond donors (Lipinski definition) is 0. The molecule has 1 fully saturated rings. The van der Waals surface area contributed by atoms with Gasteiger partial charge < -0.3 is 19.0 Å². The zero-order chi connectivity index (χ0) is 18.9. The van der Waals surface area contributed by atoms with Crippen LogP contribution in [0.4, 0.5) is 11.4 Å². The van der Waals surface area contributed by atoms with Gasteiger partial charge in [0.05, 0.1) is 37.6 Å². The zero-order valence-corrected chi connectivity index (χ0v) is 16.9. The highest BCUT2D eigenvalue weighted by Gasteiger charge is 2.38. The number of benzene rings is 1. The first kappa shape index (κ1) is 19.2. The number of carbonyl (C=O) groups excluding carboxylic acids is 1. The number of para-hydroxylation sites is 2. The largest absolute Gasteiger partial charge is 0.376 e. The quantitative estimate of drug-likeness (QED) is 0.774. The maximum Gasteiger partial charge on any atom is 0.224 e. The molecule has 0 radical (unpaired) electrons. The van der Waals surface area contributed by atoms with Gasteiger partial charge in [0, 0.05) is 33.0 Å². The molecule has 0 bridgehead atoms. The highest BCUT2D eigenvalue weighted by molar-refractivity contribution is 5.97. The Morgan fingerprint density at radius 3 is 2.58 bits per heavy atom. The van der Waals surface area contributed by atoms with Crippen molar-refractivity contribution in [2.45, 2.75) is 39.3 Å². The van der Waals surface area contributed by atoms with Crippen LogP contribution in [0.1, 0.15) is 27.2 Å². The first-order valence-electron chi connectivity index (χ1n) is 9.87. The third-order valence-electron chi connectivity index (χ3n) is 6.26. The van der Waals surface area contributed by atoms with E-state index in [1.807, 2.05) is 18.1 Å². The standard InChI is InChI=1S/C21H34N3O2/c1-6-24(4)14-18(11-19(15-24)26-5)13-22-12-16(2)23(17(3)25)21-10-8-7-9-20(21)22/h7-10,16,18-19H,6,11-15H2,1-5H3/q+1. The third-order valence-corrected chi connectivity index (χ3v) is 6.26. The third kappa shape index (κ3) is 3.74. The fourth-order valence-electron chi connectivity index (χ4n) is 4.91. The topological polar surface area (TPSA) is 32.8 Å². The first-order chi connectivity index (χ1) is 12.4. The summed E-state index contributed by atoms with van der Waals surface area (Å²) in [6.45, 7) is 11.4. The minimum absolute atomic E-state index is 0.122. The van der Waals surface area contributed by atoms with Gasteiger partial charge in [0.1, 0.15) is 12.6 Å². The summed E-state index contributed by atoms with van der Waals surface area (Å²) in [5.41, 5.74) is 2.23. The van der Waals surface area contributed by atoms with Crippen molar-refractivity contribution >= 4 is 17.3 Å². The Labute approximate surface area is 158 Å². The number of hydrogen-bond acceptors (Lipinski definition) is 3. The van der Waals surface area contributed by atoms with Crippen molar-refractivity contribution in [3.05, 3.63) is 24.3 Å². The molecule has 26 heavy (non-hydrogen) atoms. The molecule has 144 valence electrons. The van der Waals surface area contributed by atoms with Crippen molar-refractivity contribution in [2.24, 2.45) is 5.92 Å². The van der Waals surface area contributed by atoms with E-state index >= 15 is 0 Å². The van der Waals surface area contributed by atoms with E-state index < -0.39 is 0 Å². The number of nitrogens with zero attached hydrogens (tertiary/aromatic N) is 3. The molecule has 0 spiro atoms. The van der Waals surface area contributed by atoms with Crippen LogP contribution in [0.2, 0.25) is 0 Å². The number of anilines is 2. The molecule has 5 heteroatoms. The summed E-state index contributed by atoms with van der Waals surface area (Å²) in [6, 6.07) is 8.52. The average Bonchev–Trinajstić information content (AvgIpc) is 2.61. The first-order valence-corrected chi connectivity index (χ1v) is 9.87. The van der Waals surface area contributed by atoms with E-state index in [1.165, 1.54) is 12.2 Å².